The van der Waals surface area contributed by atoms with Gasteiger partial charge in [-0.2, -0.15) is 0 Å². The van der Waals surface area contributed by atoms with E-state index in [0.717, 1.165) is 47.3 Å². The van der Waals surface area contributed by atoms with Crippen molar-refractivity contribution < 1.29 is 9.47 Å². The van der Waals surface area contributed by atoms with E-state index in [1.807, 2.05) is 6.07 Å². The third-order valence-electron chi connectivity index (χ3n) is 3.29. The number of methoxy groups -OCH3 is 1. The fourth-order valence-corrected chi connectivity index (χ4v) is 3.24. The number of aryl methyl sites for hydroxylation is 1. The van der Waals surface area contributed by atoms with Crippen molar-refractivity contribution >= 4 is 17.0 Å². The lowest BCUT2D eigenvalue weighted by atomic mass is 10.1. The van der Waals surface area contributed by atoms with Crippen LogP contribution in [0.4, 0.5) is 5.69 Å². The molecule has 1 aliphatic heterocycles. The van der Waals surface area contributed by atoms with Gasteiger partial charge >= 0.3 is 0 Å². The first kappa shape index (κ1) is 13.4. The number of hydrogen-bond donors (Lipinski definition) is 1. The molecule has 0 aliphatic carbocycles. The van der Waals surface area contributed by atoms with Crippen LogP contribution >= 0.6 is 11.3 Å². The normalized spacial score (nSPS) is 13.5. The monoisotopic (exact) mass is 290 g/mol. The van der Waals surface area contributed by atoms with Gasteiger partial charge in [0.1, 0.15) is 12.4 Å². The first-order chi connectivity index (χ1) is 9.78. The first-order valence-corrected chi connectivity index (χ1v) is 7.56. The Balaban J connectivity index is 1.90. The van der Waals surface area contributed by atoms with E-state index in [9.17, 15) is 0 Å². The van der Waals surface area contributed by atoms with Crippen LogP contribution in [-0.4, -0.2) is 31.9 Å². The number of hydrogen-bond acceptors (Lipinski definition) is 5. The highest BCUT2D eigenvalue weighted by molar-refractivity contribution is 7.12. The summed E-state index contributed by atoms with van der Waals surface area (Å²) in [5, 5.41) is 4.49. The van der Waals surface area contributed by atoms with Crippen molar-refractivity contribution in [3.63, 3.8) is 0 Å². The third kappa shape index (κ3) is 2.64. The van der Waals surface area contributed by atoms with E-state index >= 15 is 0 Å². The van der Waals surface area contributed by atoms with Crippen LogP contribution in [0.2, 0.25) is 0 Å². The zero-order valence-corrected chi connectivity index (χ0v) is 12.5. The highest BCUT2D eigenvalue weighted by atomic mass is 32.1. The molecular formula is C15H18N2O2S. The summed E-state index contributed by atoms with van der Waals surface area (Å²) in [4.78, 5) is 5.98. The molecule has 0 fully saturated rings. The number of nitrogens with zero attached hydrogens (tertiary/aromatic N) is 1. The summed E-state index contributed by atoms with van der Waals surface area (Å²) >= 11 is 1.74. The molecule has 20 heavy (non-hydrogen) atoms. The second-order valence-electron chi connectivity index (χ2n) is 4.74. The second-order valence-corrected chi connectivity index (χ2v) is 6.03. The molecule has 3 rings (SSSR count). The van der Waals surface area contributed by atoms with E-state index in [4.69, 9.17) is 14.5 Å². The van der Waals surface area contributed by atoms with E-state index in [1.54, 1.807) is 18.4 Å². The SMILES string of the molecule is COCCc1nc(-c2ccc3c(c2)NCCO3)c(C)s1. The number of aromatic nitrogens is 1. The molecule has 0 atom stereocenters. The molecule has 1 N–H and O–H groups in total. The molecule has 0 radical (unpaired) electrons. The maximum Gasteiger partial charge on any atom is 0.142 e. The Morgan fingerprint density at radius 1 is 1.45 bits per heavy atom. The molecule has 0 saturated carbocycles. The molecule has 2 heterocycles. The van der Waals surface area contributed by atoms with Gasteiger partial charge in [-0.15, -0.1) is 11.3 Å². The van der Waals surface area contributed by atoms with Gasteiger partial charge in [-0.3, -0.25) is 0 Å². The molecule has 1 aromatic heterocycles. The van der Waals surface area contributed by atoms with Crippen LogP contribution in [0.1, 0.15) is 9.88 Å². The predicted molar refractivity (Wildman–Crippen MR) is 81.9 cm³/mol. The molecular weight excluding hydrogens is 272 g/mol. The van der Waals surface area contributed by atoms with Gasteiger partial charge in [0.05, 0.1) is 23.0 Å². The molecule has 0 spiro atoms. The van der Waals surface area contributed by atoms with Gasteiger partial charge < -0.3 is 14.8 Å². The minimum absolute atomic E-state index is 0.714. The van der Waals surface area contributed by atoms with E-state index in [1.165, 1.54) is 4.88 Å². The molecule has 4 nitrogen and oxygen atoms in total. The van der Waals surface area contributed by atoms with Crippen molar-refractivity contribution in [1.29, 1.82) is 0 Å². The Kier molecular flexibility index (Phi) is 3.89. The maximum atomic E-state index is 5.61. The number of nitrogens with one attached hydrogen (secondary N) is 1. The molecule has 1 aliphatic rings. The molecule has 0 amide bonds. The van der Waals surface area contributed by atoms with Gasteiger partial charge in [-0.25, -0.2) is 4.98 Å². The summed E-state index contributed by atoms with van der Waals surface area (Å²) in [7, 11) is 1.72. The van der Waals surface area contributed by atoms with Crippen LogP contribution in [0.15, 0.2) is 18.2 Å². The third-order valence-corrected chi connectivity index (χ3v) is 4.32. The van der Waals surface area contributed by atoms with Crippen LogP contribution in [-0.2, 0) is 11.2 Å². The number of benzene rings is 1. The Labute approximate surface area is 122 Å². The summed E-state index contributed by atoms with van der Waals surface area (Å²) in [5.41, 5.74) is 3.26. The smallest absolute Gasteiger partial charge is 0.142 e. The highest BCUT2D eigenvalue weighted by Crippen LogP contribution is 2.34. The van der Waals surface area contributed by atoms with E-state index < -0.39 is 0 Å². The van der Waals surface area contributed by atoms with Crippen molar-refractivity contribution in [1.82, 2.24) is 4.98 Å². The van der Waals surface area contributed by atoms with Crippen molar-refractivity contribution in [3.05, 3.63) is 28.1 Å². The summed E-state index contributed by atoms with van der Waals surface area (Å²) in [6, 6.07) is 6.22. The molecule has 1 aromatic carbocycles. The number of ether oxygens (including phenoxy) is 2. The van der Waals surface area contributed by atoms with E-state index in [0.29, 0.717) is 6.61 Å². The van der Waals surface area contributed by atoms with Crippen LogP contribution in [0.25, 0.3) is 11.3 Å². The lowest BCUT2D eigenvalue weighted by molar-refractivity contribution is 0.202. The van der Waals surface area contributed by atoms with Gasteiger partial charge in [-0.05, 0) is 25.1 Å². The van der Waals surface area contributed by atoms with Crippen LogP contribution in [0.3, 0.4) is 0 Å². The van der Waals surface area contributed by atoms with Crippen molar-refractivity contribution in [2.45, 2.75) is 13.3 Å². The minimum Gasteiger partial charge on any atom is -0.490 e. The van der Waals surface area contributed by atoms with Crippen molar-refractivity contribution in [2.24, 2.45) is 0 Å². The van der Waals surface area contributed by atoms with Gasteiger partial charge in [0.2, 0.25) is 0 Å². The first-order valence-electron chi connectivity index (χ1n) is 6.74. The second kappa shape index (κ2) is 5.81. The largest absolute Gasteiger partial charge is 0.490 e. The van der Waals surface area contributed by atoms with Crippen LogP contribution < -0.4 is 10.1 Å². The van der Waals surface area contributed by atoms with Crippen LogP contribution in [0, 0.1) is 6.92 Å². The number of anilines is 1. The molecule has 0 bridgehead atoms. The standard InChI is InChI=1S/C15H18N2O2S/c1-10-15(17-14(20-10)5-7-18-2)11-3-4-13-12(9-11)16-6-8-19-13/h3-4,9,16H,5-8H2,1-2H3. The van der Waals surface area contributed by atoms with E-state index in [2.05, 4.69) is 24.4 Å². The Morgan fingerprint density at radius 3 is 3.20 bits per heavy atom. The van der Waals surface area contributed by atoms with Gasteiger partial charge in [-0.1, -0.05) is 0 Å². The molecule has 0 unspecified atom stereocenters. The average molecular weight is 290 g/mol. The minimum atomic E-state index is 0.714. The zero-order valence-electron chi connectivity index (χ0n) is 11.7. The Morgan fingerprint density at radius 2 is 2.35 bits per heavy atom. The predicted octanol–water partition coefficient (Wildman–Crippen LogP) is 3.11. The van der Waals surface area contributed by atoms with E-state index in [-0.39, 0.29) is 0 Å². The Hall–Kier alpha value is -1.59. The summed E-state index contributed by atoms with van der Waals surface area (Å²) in [6.45, 7) is 4.41. The summed E-state index contributed by atoms with van der Waals surface area (Å²) in [6.07, 6.45) is 0.869. The molecule has 2 aromatic rings. The summed E-state index contributed by atoms with van der Waals surface area (Å²) in [5.74, 6) is 0.924. The number of thiazole rings is 1. The lowest BCUT2D eigenvalue weighted by Gasteiger charge is -2.19. The fraction of sp³-hybridized carbons (Fsp3) is 0.400. The van der Waals surface area contributed by atoms with Gasteiger partial charge in [0.25, 0.3) is 0 Å². The maximum absolute atomic E-state index is 5.61. The zero-order chi connectivity index (χ0) is 13.9. The lowest BCUT2D eigenvalue weighted by Crippen LogP contribution is -2.17. The van der Waals surface area contributed by atoms with Crippen LogP contribution in [0.5, 0.6) is 5.75 Å². The average Bonchev–Trinajstić information content (AvgIpc) is 2.85. The van der Waals surface area contributed by atoms with Crippen molar-refractivity contribution in [3.8, 4) is 17.0 Å². The molecule has 0 saturated heterocycles. The van der Waals surface area contributed by atoms with Gasteiger partial charge in [0, 0.05) is 30.5 Å². The number of fused-ring (bicyclic) bond motifs is 1. The molecule has 5 heteroatoms. The molecule has 106 valence electrons. The Bertz CT molecular complexity index is 610. The summed E-state index contributed by atoms with van der Waals surface area (Å²) < 4.78 is 10.7. The van der Waals surface area contributed by atoms with Gasteiger partial charge in [0.15, 0.2) is 0 Å². The number of rotatable bonds is 4. The fourth-order valence-electron chi connectivity index (χ4n) is 2.30. The quantitative estimate of drug-likeness (QED) is 0.939. The topological polar surface area (TPSA) is 43.4 Å². The highest BCUT2D eigenvalue weighted by Gasteiger charge is 2.14. The van der Waals surface area contributed by atoms with Crippen molar-refractivity contribution in [2.75, 3.05) is 32.2 Å².